The van der Waals surface area contributed by atoms with Gasteiger partial charge in [0.1, 0.15) is 12.2 Å². The van der Waals surface area contributed by atoms with Gasteiger partial charge in [-0.15, -0.1) is 0 Å². The number of carbonyl (C=O) groups excluding carboxylic acids is 3. The van der Waals surface area contributed by atoms with Gasteiger partial charge in [-0.25, -0.2) is 0 Å². The van der Waals surface area contributed by atoms with Crippen LogP contribution in [0.1, 0.15) is 66.7 Å². The van der Waals surface area contributed by atoms with Gasteiger partial charge in [0, 0.05) is 36.5 Å². The first-order chi connectivity index (χ1) is 13.8. The molecule has 6 heteroatoms. The first-order valence-electron chi connectivity index (χ1n) is 11.1. The minimum absolute atomic E-state index is 0.00673. The third-order valence-electron chi connectivity index (χ3n) is 8.91. The average Bonchev–Trinajstić information content (AvgIpc) is 2.77. The van der Waals surface area contributed by atoms with Crippen molar-refractivity contribution in [2.75, 3.05) is 0 Å². The molecule has 4 rings (SSSR count). The van der Waals surface area contributed by atoms with Crippen molar-refractivity contribution in [1.82, 2.24) is 0 Å². The van der Waals surface area contributed by atoms with Crippen LogP contribution in [0.4, 0.5) is 0 Å². The highest BCUT2D eigenvalue weighted by atomic mass is 16.6. The van der Waals surface area contributed by atoms with E-state index in [1.165, 1.54) is 13.8 Å². The van der Waals surface area contributed by atoms with Gasteiger partial charge in [-0.2, -0.15) is 0 Å². The summed E-state index contributed by atoms with van der Waals surface area (Å²) in [6, 6.07) is 0. The van der Waals surface area contributed by atoms with Crippen molar-refractivity contribution in [3.05, 3.63) is 12.2 Å². The molecule has 0 aliphatic heterocycles. The molecule has 4 saturated carbocycles. The maximum atomic E-state index is 13.5. The van der Waals surface area contributed by atoms with Crippen LogP contribution in [-0.4, -0.2) is 41.1 Å². The molecule has 0 aromatic carbocycles. The number of rotatable bonds is 2. The predicted molar refractivity (Wildman–Crippen MR) is 109 cm³/mol. The van der Waals surface area contributed by atoms with Gasteiger partial charge in [0.15, 0.2) is 5.78 Å². The van der Waals surface area contributed by atoms with Crippen LogP contribution < -0.4 is 0 Å². The van der Waals surface area contributed by atoms with Gasteiger partial charge in [0.25, 0.3) is 0 Å². The van der Waals surface area contributed by atoms with Crippen molar-refractivity contribution in [3.8, 4) is 0 Å². The number of allylic oxidation sites excluding steroid dienone is 1. The van der Waals surface area contributed by atoms with Gasteiger partial charge in [-0.05, 0) is 49.0 Å². The molecule has 0 heterocycles. The molecule has 30 heavy (non-hydrogen) atoms. The lowest BCUT2D eigenvalue weighted by Gasteiger charge is -2.66. The minimum atomic E-state index is -0.727. The van der Waals surface area contributed by atoms with E-state index in [1.54, 1.807) is 0 Å². The normalized spacial score (nSPS) is 46.6. The number of Topliss-reactive ketones (excluding diaryl/α,β-unsaturated/α-hetero) is 1. The van der Waals surface area contributed by atoms with Crippen molar-refractivity contribution >= 4 is 17.7 Å². The van der Waals surface area contributed by atoms with Crippen LogP contribution in [-0.2, 0) is 23.9 Å². The summed E-state index contributed by atoms with van der Waals surface area (Å²) in [7, 11) is 0. The zero-order valence-electron chi connectivity index (χ0n) is 18.7. The molecule has 166 valence electrons. The van der Waals surface area contributed by atoms with E-state index in [0.717, 1.165) is 0 Å². The summed E-state index contributed by atoms with van der Waals surface area (Å²) in [6.07, 6.45) is 1.62. The number of carbonyl (C=O) groups is 3. The second-order valence-corrected chi connectivity index (χ2v) is 11.0. The lowest BCUT2D eigenvalue weighted by atomic mass is 9.39. The van der Waals surface area contributed by atoms with Crippen LogP contribution in [0.3, 0.4) is 0 Å². The third kappa shape index (κ3) is 2.75. The number of hydrogen-bond donors (Lipinski definition) is 1. The van der Waals surface area contributed by atoms with E-state index < -0.39 is 28.5 Å². The van der Waals surface area contributed by atoms with Crippen molar-refractivity contribution < 1.29 is 29.0 Å². The van der Waals surface area contributed by atoms with Crippen molar-refractivity contribution in [3.63, 3.8) is 0 Å². The monoisotopic (exact) mass is 418 g/mol. The molecule has 4 aliphatic rings. The van der Waals surface area contributed by atoms with E-state index in [2.05, 4.69) is 27.4 Å². The van der Waals surface area contributed by atoms with Crippen LogP contribution in [0.25, 0.3) is 0 Å². The summed E-state index contributed by atoms with van der Waals surface area (Å²) in [5.41, 5.74) is -1.01. The first-order valence-corrected chi connectivity index (χ1v) is 11.1. The Bertz CT molecular complexity index is 815. The topological polar surface area (TPSA) is 89.9 Å². The van der Waals surface area contributed by atoms with Crippen LogP contribution in [0.5, 0.6) is 0 Å². The first kappa shape index (κ1) is 21.5. The Labute approximate surface area is 178 Å². The van der Waals surface area contributed by atoms with Gasteiger partial charge < -0.3 is 14.6 Å². The molecule has 4 aliphatic carbocycles. The van der Waals surface area contributed by atoms with Gasteiger partial charge in [-0.3, -0.25) is 14.4 Å². The Kier molecular flexibility index (Phi) is 4.78. The Morgan fingerprint density at radius 2 is 1.70 bits per heavy atom. The Morgan fingerprint density at radius 3 is 2.30 bits per heavy atom. The molecule has 0 aromatic heterocycles. The van der Waals surface area contributed by atoms with Crippen molar-refractivity contribution in [2.24, 2.45) is 34.0 Å². The van der Waals surface area contributed by atoms with Gasteiger partial charge >= 0.3 is 11.9 Å². The van der Waals surface area contributed by atoms with Crippen molar-refractivity contribution in [1.29, 1.82) is 0 Å². The third-order valence-corrected chi connectivity index (χ3v) is 8.91. The number of ether oxygens (including phenoxy) is 2. The standard InChI is InChI=1S/C24H34O6/c1-12-15-9-16(27)19-23(6)8-7-18(30-14(3)26)22(4,5)20(23)17(29-13(2)25)11-24(19,10-15)21(12)28/h15-20,27H,1,7-11H2,2-6H3/t15-,16+,17+,18+,19+,20-,23+,24-/m1/s1. The van der Waals surface area contributed by atoms with E-state index in [4.69, 9.17) is 9.47 Å². The molecule has 2 bridgehead atoms. The highest BCUT2D eigenvalue weighted by Gasteiger charge is 2.73. The number of aliphatic hydroxyl groups excluding tert-OH is 1. The van der Waals surface area contributed by atoms with Crippen LogP contribution in [0, 0.1) is 34.0 Å². The molecular weight excluding hydrogens is 384 g/mol. The van der Waals surface area contributed by atoms with Gasteiger partial charge in [-0.1, -0.05) is 27.4 Å². The second-order valence-electron chi connectivity index (χ2n) is 11.0. The summed E-state index contributed by atoms with van der Waals surface area (Å²) in [5.74, 6) is -1.01. The Morgan fingerprint density at radius 1 is 1.07 bits per heavy atom. The lowest BCUT2D eigenvalue weighted by Crippen LogP contribution is -2.68. The van der Waals surface area contributed by atoms with Gasteiger partial charge in [0.2, 0.25) is 0 Å². The van der Waals surface area contributed by atoms with Crippen LogP contribution >= 0.6 is 0 Å². The maximum absolute atomic E-state index is 13.5. The average molecular weight is 419 g/mol. The summed E-state index contributed by atoms with van der Waals surface area (Å²) >= 11 is 0. The van der Waals surface area contributed by atoms with Crippen LogP contribution in [0.2, 0.25) is 0 Å². The highest BCUT2D eigenvalue weighted by molar-refractivity contribution is 6.03. The van der Waals surface area contributed by atoms with Crippen LogP contribution in [0.15, 0.2) is 12.2 Å². The van der Waals surface area contributed by atoms with E-state index in [1.807, 2.05) is 0 Å². The molecular formula is C24H34O6. The molecule has 4 fully saturated rings. The van der Waals surface area contributed by atoms with Gasteiger partial charge in [0.05, 0.1) is 6.10 Å². The maximum Gasteiger partial charge on any atom is 0.302 e. The quantitative estimate of drug-likeness (QED) is 0.547. The lowest BCUT2D eigenvalue weighted by molar-refractivity contribution is -0.249. The number of aliphatic hydroxyl groups is 1. The van der Waals surface area contributed by atoms with E-state index in [0.29, 0.717) is 37.7 Å². The molecule has 0 amide bonds. The Balaban J connectivity index is 1.85. The molecule has 6 nitrogen and oxygen atoms in total. The SMILES string of the molecule is C=C1C(=O)[C@@]23C[C@H]1C[C@H](O)[C@H]2[C@]1(C)CC[C@H](OC(C)=O)C(C)(C)[C@H]1[C@@H](OC(C)=O)C3. The largest absolute Gasteiger partial charge is 0.462 e. The molecule has 0 unspecified atom stereocenters. The molecule has 1 N–H and O–H groups in total. The predicted octanol–water partition coefficient (Wildman–Crippen LogP) is 3.21. The number of hydrogen-bond acceptors (Lipinski definition) is 6. The molecule has 0 radical (unpaired) electrons. The van der Waals surface area contributed by atoms with Crippen molar-refractivity contribution in [2.45, 2.75) is 85.0 Å². The fraction of sp³-hybridized carbons (Fsp3) is 0.792. The summed E-state index contributed by atoms with van der Waals surface area (Å²) < 4.78 is 11.6. The molecule has 0 aromatic rings. The van der Waals surface area contributed by atoms with E-state index >= 15 is 0 Å². The fourth-order valence-electron chi connectivity index (χ4n) is 8.31. The zero-order valence-corrected chi connectivity index (χ0v) is 18.7. The molecule has 8 atom stereocenters. The number of fused-ring (bicyclic) bond motifs is 3. The Hall–Kier alpha value is -1.69. The fourth-order valence-corrected chi connectivity index (χ4v) is 8.31. The summed E-state index contributed by atoms with van der Waals surface area (Å²) in [4.78, 5) is 37.3. The minimum Gasteiger partial charge on any atom is -0.462 e. The van der Waals surface area contributed by atoms with E-state index in [-0.39, 0.29) is 41.6 Å². The summed E-state index contributed by atoms with van der Waals surface area (Å²) in [6.45, 7) is 13.1. The van der Waals surface area contributed by atoms with E-state index in [9.17, 15) is 19.5 Å². The zero-order chi connectivity index (χ0) is 22.2. The number of esters is 2. The second kappa shape index (κ2) is 6.65. The molecule has 0 saturated heterocycles. The molecule has 1 spiro atoms. The summed E-state index contributed by atoms with van der Waals surface area (Å²) in [5, 5.41) is 11.3. The smallest absolute Gasteiger partial charge is 0.302 e. The number of ketones is 1. The highest BCUT2D eigenvalue weighted by Crippen LogP contribution is 2.71.